The summed E-state index contributed by atoms with van der Waals surface area (Å²) in [4.78, 5) is 4.41. The van der Waals surface area contributed by atoms with Crippen LogP contribution >= 0.6 is 0 Å². The smallest absolute Gasteiger partial charge is 0.130 e. The van der Waals surface area contributed by atoms with E-state index in [0.29, 0.717) is 6.61 Å². The van der Waals surface area contributed by atoms with Crippen LogP contribution in [0.25, 0.3) is 0 Å². The summed E-state index contributed by atoms with van der Waals surface area (Å²) in [6.07, 6.45) is 0. The van der Waals surface area contributed by atoms with Crippen molar-refractivity contribution in [3.05, 3.63) is 47.3 Å². The van der Waals surface area contributed by atoms with Crippen LogP contribution in [-0.4, -0.2) is 12.1 Å². The third-order valence-electron chi connectivity index (χ3n) is 2.92. The van der Waals surface area contributed by atoms with Gasteiger partial charge in [0.1, 0.15) is 18.1 Å². The number of ether oxygens (including phenoxy) is 2. The largest absolute Gasteiger partial charge is 0.497 e. The van der Waals surface area contributed by atoms with Gasteiger partial charge in [0.25, 0.3) is 0 Å². The van der Waals surface area contributed by atoms with Gasteiger partial charge in [-0.2, -0.15) is 0 Å². The Labute approximate surface area is 113 Å². The van der Waals surface area contributed by atoms with Crippen LogP contribution in [0.2, 0.25) is 0 Å². The highest BCUT2D eigenvalue weighted by Gasteiger charge is 2.05. The standard InChI is InChI=1S/C15H18N2O2/c1-10-7-13(18-3)8-12(17-10)9-19-15-6-4-5-14(16)11(15)2/h4-8H,9,16H2,1-3H3. The number of aromatic nitrogens is 1. The number of hydrogen-bond donors (Lipinski definition) is 1. The lowest BCUT2D eigenvalue weighted by atomic mass is 10.2. The summed E-state index contributed by atoms with van der Waals surface area (Å²) in [6.45, 7) is 4.26. The van der Waals surface area contributed by atoms with Crippen LogP contribution in [0.15, 0.2) is 30.3 Å². The zero-order valence-corrected chi connectivity index (χ0v) is 11.4. The second-order valence-corrected chi connectivity index (χ2v) is 4.40. The van der Waals surface area contributed by atoms with Gasteiger partial charge < -0.3 is 15.2 Å². The molecule has 0 spiro atoms. The van der Waals surface area contributed by atoms with E-state index in [2.05, 4.69) is 4.98 Å². The molecule has 2 aromatic rings. The van der Waals surface area contributed by atoms with E-state index in [-0.39, 0.29) is 0 Å². The Balaban J connectivity index is 2.14. The predicted molar refractivity (Wildman–Crippen MR) is 75.4 cm³/mol. The molecule has 4 nitrogen and oxygen atoms in total. The zero-order valence-electron chi connectivity index (χ0n) is 11.4. The van der Waals surface area contributed by atoms with Crippen LogP contribution in [0.1, 0.15) is 17.0 Å². The van der Waals surface area contributed by atoms with Crippen LogP contribution in [0.3, 0.4) is 0 Å². The van der Waals surface area contributed by atoms with Crippen molar-refractivity contribution in [3.63, 3.8) is 0 Å². The highest BCUT2D eigenvalue weighted by molar-refractivity contribution is 5.53. The lowest BCUT2D eigenvalue weighted by Crippen LogP contribution is -2.02. The molecule has 0 unspecified atom stereocenters. The number of pyridine rings is 1. The van der Waals surface area contributed by atoms with E-state index in [1.54, 1.807) is 7.11 Å². The number of anilines is 1. The van der Waals surface area contributed by atoms with Gasteiger partial charge in [0.15, 0.2) is 0 Å². The van der Waals surface area contributed by atoms with Gasteiger partial charge >= 0.3 is 0 Å². The average Bonchev–Trinajstić information content (AvgIpc) is 2.40. The van der Waals surface area contributed by atoms with E-state index in [1.807, 2.05) is 44.2 Å². The summed E-state index contributed by atoms with van der Waals surface area (Å²) in [5, 5.41) is 0. The quantitative estimate of drug-likeness (QED) is 0.857. The fourth-order valence-electron chi connectivity index (χ4n) is 1.83. The summed E-state index contributed by atoms with van der Waals surface area (Å²) in [5.74, 6) is 1.57. The van der Waals surface area contributed by atoms with E-state index < -0.39 is 0 Å². The first-order valence-corrected chi connectivity index (χ1v) is 6.09. The topological polar surface area (TPSA) is 57.4 Å². The summed E-state index contributed by atoms with van der Waals surface area (Å²) in [5.41, 5.74) is 9.26. The van der Waals surface area contributed by atoms with Gasteiger partial charge in [-0.05, 0) is 26.0 Å². The molecule has 0 aliphatic heterocycles. The molecule has 1 aromatic carbocycles. The van der Waals surface area contributed by atoms with Crippen LogP contribution in [0, 0.1) is 13.8 Å². The molecule has 0 amide bonds. The normalized spacial score (nSPS) is 10.3. The molecule has 0 aliphatic rings. The number of benzene rings is 1. The van der Waals surface area contributed by atoms with Crippen molar-refractivity contribution in [1.82, 2.24) is 4.98 Å². The van der Waals surface area contributed by atoms with E-state index >= 15 is 0 Å². The SMILES string of the molecule is COc1cc(C)nc(COc2cccc(N)c2C)c1. The number of hydrogen-bond acceptors (Lipinski definition) is 4. The predicted octanol–water partition coefficient (Wildman–Crippen LogP) is 2.87. The Morgan fingerprint density at radius 1 is 1.21 bits per heavy atom. The number of nitrogens with two attached hydrogens (primary N) is 1. The number of aryl methyl sites for hydroxylation is 1. The molecule has 0 radical (unpaired) electrons. The van der Waals surface area contributed by atoms with E-state index in [0.717, 1.165) is 34.1 Å². The van der Waals surface area contributed by atoms with Crippen LogP contribution < -0.4 is 15.2 Å². The molecule has 0 saturated carbocycles. The van der Waals surface area contributed by atoms with Crippen molar-refractivity contribution >= 4 is 5.69 Å². The molecule has 0 saturated heterocycles. The highest BCUT2D eigenvalue weighted by Crippen LogP contribution is 2.24. The molecular formula is C15H18N2O2. The Bertz CT molecular complexity index is 582. The molecule has 100 valence electrons. The van der Waals surface area contributed by atoms with Gasteiger partial charge in [0.05, 0.1) is 12.8 Å². The lowest BCUT2D eigenvalue weighted by Gasteiger charge is -2.11. The van der Waals surface area contributed by atoms with Crippen molar-refractivity contribution in [3.8, 4) is 11.5 Å². The van der Waals surface area contributed by atoms with Crippen molar-refractivity contribution in [2.75, 3.05) is 12.8 Å². The molecule has 1 aromatic heterocycles. The van der Waals surface area contributed by atoms with Crippen molar-refractivity contribution in [2.45, 2.75) is 20.5 Å². The molecule has 0 atom stereocenters. The number of nitrogens with zero attached hydrogens (tertiary/aromatic N) is 1. The first kappa shape index (κ1) is 13.2. The van der Waals surface area contributed by atoms with Crippen LogP contribution in [-0.2, 0) is 6.61 Å². The minimum atomic E-state index is 0.391. The Hall–Kier alpha value is -2.23. The fraction of sp³-hybridized carbons (Fsp3) is 0.267. The summed E-state index contributed by atoms with van der Waals surface area (Å²) < 4.78 is 11.0. The van der Waals surface area contributed by atoms with E-state index in [9.17, 15) is 0 Å². The molecule has 4 heteroatoms. The summed E-state index contributed by atoms with van der Waals surface area (Å²) in [6, 6.07) is 9.39. The van der Waals surface area contributed by atoms with Gasteiger partial charge in [0, 0.05) is 29.1 Å². The first-order valence-electron chi connectivity index (χ1n) is 6.09. The summed E-state index contributed by atoms with van der Waals surface area (Å²) in [7, 11) is 1.64. The number of methoxy groups -OCH3 is 1. The third-order valence-corrected chi connectivity index (χ3v) is 2.92. The van der Waals surface area contributed by atoms with Gasteiger partial charge in [-0.15, -0.1) is 0 Å². The number of rotatable bonds is 4. The van der Waals surface area contributed by atoms with Crippen LogP contribution in [0.5, 0.6) is 11.5 Å². The minimum Gasteiger partial charge on any atom is -0.497 e. The molecule has 2 rings (SSSR count). The molecule has 1 heterocycles. The molecular weight excluding hydrogens is 240 g/mol. The van der Waals surface area contributed by atoms with E-state index in [4.69, 9.17) is 15.2 Å². The second kappa shape index (κ2) is 5.61. The van der Waals surface area contributed by atoms with Gasteiger partial charge in [-0.3, -0.25) is 4.98 Å². The summed E-state index contributed by atoms with van der Waals surface area (Å²) >= 11 is 0. The second-order valence-electron chi connectivity index (χ2n) is 4.40. The zero-order chi connectivity index (χ0) is 13.8. The number of nitrogen functional groups attached to an aromatic ring is 1. The molecule has 0 bridgehead atoms. The van der Waals surface area contributed by atoms with Crippen molar-refractivity contribution in [1.29, 1.82) is 0 Å². The Kier molecular flexibility index (Phi) is 3.90. The average molecular weight is 258 g/mol. The Morgan fingerprint density at radius 2 is 2.00 bits per heavy atom. The van der Waals surface area contributed by atoms with Crippen molar-refractivity contribution in [2.24, 2.45) is 0 Å². The fourth-order valence-corrected chi connectivity index (χ4v) is 1.83. The maximum Gasteiger partial charge on any atom is 0.130 e. The van der Waals surface area contributed by atoms with Crippen molar-refractivity contribution < 1.29 is 9.47 Å². The van der Waals surface area contributed by atoms with Gasteiger partial charge in [-0.25, -0.2) is 0 Å². The van der Waals surface area contributed by atoms with E-state index in [1.165, 1.54) is 0 Å². The molecule has 0 aliphatic carbocycles. The lowest BCUT2D eigenvalue weighted by molar-refractivity contribution is 0.298. The molecule has 0 fully saturated rings. The van der Waals surface area contributed by atoms with Crippen LogP contribution in [0.4, 0.5) is 5.69 Å². The maximum absolute atomic E-state index is 5.84. The molecule has 19 heavy (non-hydrogen) atoms. The van der Waals surface area contributed by atoms with Gasteiger partial charge in [-0.1, -0.05) is 6.07 Å². The first-order chi connectivity index (χ1) is 9.10. The highest BCUT2D eigenvalue weighted by atomic mass is 16.5. The molecule has 2 N–H and O–H groups in total. The van der Waals surface area contributed by atoms with Gasteiger partial charge in [0.2, 0.25) is 0 Å². The monoisotopic (exact) mass is 258 g/mol. The maximum atomic E-state index is 5.84. The third kappa shape index (κ3) is 3.16. The Morgan fingerprint density at radius 3 is 2.74 bits per heavy atom. The minimum absolute atomic E-state index is 0.391.